The van der Waals surface area contributed by atoms with Gasteiger partial charge in [-0.2, -0.15) is 5.10 Å². The van der Waals surface area contributed by atoms with Gasteiger partial charge in [0, 0.05) is 6.20 Å². The van der Waals surface area contributed by atoms with Crippen LogP contribution in [0.5, 0.6) is 0 Å². The molecule has 4 nitrogen and oxygen atoms in total. The standard InChI is InChI=1S/C10H14N2O2/c1-7(10(13)14)12-6-8-4-2-3-5-9(8)11-12/h6-7H,2-5H2,1H3,(H,13,14). The summed E-state index contributed by atoms with van der Waals surface area (Å²) in [7, 11) is 0. The van der Waals surface area contributed by atoms with Gasteiger partial charge in [-0.1, -0.05) is 0 Å². The number of rotatable bonds is 2. The summed E-state index contributed by atoms with van der Waals surface area (Å²) in [6.07, 6.45) is 6.29. The topological polar surface area (TPSA) is 55.1 Å². The van der Waals surface area contributed by atoms with Crippen LogP contribution in [-0.4, -0.2) is 20.9 Å². The van der Waals surface area contributed by atoms with E-state index in [9.17, 15) is 4.79 Å². The molecule has 0 saturated carbocycles. The maximum absolute atomic E-state index is 10.8. The van der Waals surface area contributed by atoms with Gasteiger partial charge in [-0.3, -0.25) is 4.68 Å². The molecule has 0 bridgehead atoms. The Bertz CT molecular complexity index is 334. The second kappa shape index (κ2) is 3.44. The highest BCUT2D eigenvalue weighted by molar-refractivity contribution is 5.71. The number of carbonyl (C=O) groups is 1. The molecule has 0 saturated heterocycles. The Morgan fingerprint density at radius 3 is 2.93 bits per heavy atom. The number of carboxylic acids is 1. The van der Waals surface area contributed by atoms with Crippen molar-refractivity contribution >= 4 is 5.97 Å². The van der Waals surface area contributed by atoms with Crippen molar-refractivity contribution in [2.75, 3.05) is 0 Å². The van der Waals surface area contributed by atoms with Crippen molar-refractivity contribution < 1.29 is 9.90 Å². The van der Waals surface area contributed by atoms with Gasteiger partial charge in [0.05, 0.1) is 5.69 Å². The van der Waals surface area contributed by atoms with Gasteiger partial charge in [0.2, 0.25) is 0 Å². The van der Waals surface area contributed by atoms with Gasteiger partial charge in [0.15, 0.2) is 0 Å². The lowest BCUT2D eigenvalue weighted by Crippen LogP contribution is -2.16. The molecule has 76 valence electrons. The fraction of sp³-hybridized carbons (Fsp3) is 0.600. The molecule has 4 heteroatoms. The molecule has 0 aliphatic heterocycles. The number of hydrogen-bond acceptors (Lipinski definition) is 2. The lowest BCUT2D eigenvalue weighted by atomic mass is 9.99. The minimum atomic E-state index is -0.829. The highest BCUT2D eigenvalue weighted by Crippen LogP contribution is 2.21. The van der Waals surface area contributed by atoms with Crippen molar-refractivity contribution in [2.24, 2.45) is 0 Å². The Labute approximate surface area is 82.5 Å². The molecule has 1 aromatic heterocycles. The van der Waals surface area contributed by atoms with Crippen LogP contribution in [0.2, 0.25) is 0 Å². The molecule has 0 amide bonds. The van der Waals surface area contributed by atoms with Crippen LogP contribution in [-0.2, 0) is 17.6 Å². The Balaban J connectivity index is 2.28. The fourth-order valence-electron chi connectivity index (χ4n) is 1.81. The summed E-state index contributed by atoms with van der Waals surface area (Å²) in [6.45, 7) is 1.65. The molecule has 0 fully saturated rings. The minimum Gasteiger partial charge on any atom is -0.480 e. The first-order valence-electron chi connectivity index (χ1n) is 4.98. The molecular formula is C10H14N2O2. The maximum Gasteiger partial charge on any atom is 0.328 e. The van der Waals surface area contributed by atoms with Crippen molar-refractivity contribution in [1.29, 1.82) is 0 Å². The van der Waals surface area contributed by atoms with Gasteiger partial charge in [0.25, 0.3) is 0 Å². The van der Waals surface area contributed by atoms with Crippen molar-refractivity contribution in [1.82, 2.24) is 9.78 Å². The molecule has 14 heavy (non-hydrogen) atoms. The summed E-state index contributed by atoms with van der Waals surface area (Å²) in [6, 6.07) is -0.555. The summed E-state index contributed by atoms with van der Waals surface area (Å²) in [4.78, 5) is 10.8. The first-order valence-corrected chi connectivity index (χ1v) is 4.98. The third-order valence-electron chi connectivity index (χ3n) is 2.76. The third kappa shape index (κ3) is 1.52. The van der Waals surface area contributed by atoms with E-state index < -0.39 is 12.0 Å². The lowest BCUT2D eigenvalue weighted by molar-refractivity contribution is -0.140. The van der Waals surface area contributed by atoms with E-state index in [1.165, 1.54) is 18.4 Å². The first-order chi connectivity index (χ1) is 6.68. The second-order valence-corrected chi connectivity index (χ2v) is 3.80. The second-order valence-electron chi connectivity index (χ2n) is 3.80. The van der Waals surface area contributed by atoms with Gasteiger partial charge in [-0.15, -0.1) is 0 Å². The van der Waals surface area contributed by atoms with Crippen LogP contribution in [0.3, 0.4) is 0 Å². The molecule has 1 aromatic rings. The zero-order valence-corrected chi connectivity index (χ0v) is 8.23. The van der Waals surface area contributed by atoms with Gasteiger partial charge < -0.3 is 5.11 Å². The van der Waals surface area contributed by atoms with Crippen LogP contribution in [0.25, 0.3) is 0 Å². The smallest absolute Gasteiger partial charge is 0.328 e. The Hall–Kier alpha value is -1.32. The van der Waals surface area contributed by atoms with Gasteiger partial charge >= 0.3 is 5.97 Å². The van der Waals surface area contributed by atoms with Crippen molar-refractivity contribution in [2.45, 2.75) is 38.6 Å². The third-order valence-corrected chi connectivity index (χ3v) is 2.76. The SMILES string of the molecule is CC(C(=O)O)n1cc2c(n1)CCCC2. The molecule has 1 heterocycles. The number of aryl methyl sites for hydroxylation is 2. The van der Waals surface area contributed by atoms with E-state index in [0.717, 1.165) is 18.5 Å². The Morgan fingerprint density at radius 1 is 1.57 bits per heavy atom. The predicted molar refractivity (Wildman–Crippen MR) is 51.2 cm³/mol. The molecule has 0 spiro atoms. The number of carboxylic acid groups (broad SMARTS) is 1. The first kappa shape index (κ1) is 9.24. The highest BCUT2D eigenvalue weighted by Gasteiger charge is 2.19. The number of aromatic nitrogens is 2. The number of fused-ring (bicyclic) bond motifs is 1. The summed E-state index contributed by atoms with van der Waals surface area (Å²) >= 11 is 0. The molecule has 1 unspecified atom stereocenters. The summed E-state index contributed by atoms with van der Waals surface area (Å²) in [5.74, 6) is -0.829. The average Bonchev–Trinajstić information content (AvgIpc) is 2.59. The predicted octanol–water partition coefficient (Wildman–Crippen LogP) is 1.41. The van der Waals surface area contributed by atoms with Gasteiger partial charge in [-0.25, -0.2) is 4.79 Å². The number of hydrogen-bond donors (Lipinski definition) is 1. The Morgan fingerprint density at radius 2 is 2.29 bits per heavy atom. The summed E-state index contributed by atoms with van der Waals surface area (Å²) < 4.78 is 1.57. The van der Waals surface area contributed by atoms with Crippen LogP contribution < -0.4 is 0 Å². The molecule has 1 aliphatic rings. The van der Waals surface area contributed by atoms with Crippen LogP contribution in [0.1, 0.15) is 37.1 Å². The molecule has 0 radical (unpaired) electrons. The molecule has 2 rings (SSSR count). The van der Waals surface area contributed by atoms with Crippen molar-refractivity contribution in [3.8, 4) is 0 Å². The largest absolute Gasteiger partial charge is 0.480 e. The van der Waals surface area contributed by atoms with E-state index in [-0.39, 0.29) is 0 Å². The van der Waals surface area contributed by atoms with Gasteiger partial charge in [0.1, 0.15) is 6.04 Å². The van der Waals surface area contributed by atoms with E-state index in [1.54, 1.807) is 11.6 Å². The van der Waals surface area contributed by atoms with E-state index in [2.05, 4.69) is 5.10 Å². The molecule has 0 aromatic carbocycles. The van der Waals surface area contributed by atoms with Crippen LogP contribution >= 0.6 is 0 Å². The van der Waals surface area contributed by atoms with Gasteiger partial charge in [-0.05, 0) is 38.2 Å². The minimum absolute atomic E-state index is 0.555. The van der Waals surface area contributed by atoms with E-state index >= 15 is 0 Å². The summed E-state index contributed by atoms with van der Waals surface area (Å²) in [5.41, 5.74) is 2.31. The zero-order valence-electron chi connectivity index (χ0n) is 8.23. The highest BCUT2D eigenvalue weighted by atomic mass is 16.4. The molecular weight excluding hydrogens is 180 g/mol. The lowest BCUT2D eigenvalue weighted by Gasteiger charge is -2.06. The quantitative estimate of drug-likeness (QED) is 0.774. The average molecular weight is 194 g/mol. The molecule has 1 aliphatic carbocycles. The summed E-state index contributed by atoms with van der Waals surface area (Å²) in [5, 5.41) is 13.1. The zero-order chi connectivity index (χ0) is 10.1. The van der Waals surface area contributed by atoms with Crippen LogP contribution in [0.4, 0.5) is 0 Å². The van der Waals surface area contributed by atoms with Crippen molar-refractivity contribution in [3.05, 3.63) is 17.5 Å². The number of nitrogens with zero attached hydrogens (tertiary/aromatic N) is 2. The fourth-order valence-corrected chi connectivity index (χ4v) is 1.81. The molecule has 1 N–H and O–H groups in total. The number of aliphatic carboxylic acids is 1. The van der Waals surface area contributed by atoms with E-state index in [4.69, 9.17) is 5.11 Å². The normalized spacial score (nSPS) is 17.5. The molecule has 1 atom stereocenters. The van der Waals surface area contributed by atoms with E-state index in [1.807, 2.05) is 6.20 Å². The monoisotopic (exact) mass is 194 g/mol. The van der Waals surface area contributed by atoms with Crippen LogP contribution in [0.15, 0.2) is 6.20 Å². The van der Waals surface area contributed by atoms with Crippen molar-refractivity contribution in [3.63, 3.8) is 0 Å². The maximum atomic E-state index is 10.8. The van der Waals surface area contributed by atoms with E-state index in [0.29, 0.717) is 0 Å². The Kier molecular flexibility index (Phi) is 2.27. The van der Waals surface area contributed by atoms with Crippen LogP contribution in [0, 0.1) is 0 Å².